The molecule has 0 spiro atoms. The van der Waals surface area contributed by atoms with Crippen molar-refractivity contribution in [2.45, 2.75) is 50.7 Å². The molecule has 3 aromatic carbocycles. The van der Waals surface area contributed by atoms with Gasteiger partial charge in [0.1, 0.15) is 18.8 Å². The summed E-state index contributed by atoms with van der Waals surface area (Å²) < 4.78 is 30.2. The maximum atomic E-state index is 11.2. The van der Waals surface area contributed by atoms with Crippen LogP contribution in [0, 0.1) is 0 Å². The van der Waals surface area contributed by atoms with E-state index < -0.39 is 12.2 Å². The minimum absolute atomic E-state index is 0.0428. The Bertz CT molecular complexity index is 1030. The molecule has 36 heavy (non-hydrogen) atoms. The SMILES string of the molecule is NC(=O)OC[C@H]1C[C@@H](OCc2ccccc2)[C@H](OCc2ccccc2)[C@@H](COCc2ccccc2)O1. The maximum Gasteiger partial charge on any atom is 0.404 e. The van der Waals surface area contributed by atoms with Crippen molar-refractivity contribution in [3.05, 3.63) is 108 Å². The standard InChI is InChI=1S/C29H33NO6/c30-29(31)35-20-25-16-26(33-18-23-12-6-2-7-13-23)28(34-19-24-14-8-3-9-15-24)27(36-25)21-32-17-22-10-4-1-5-11-22/h1-15,25-28H,16-21H2,(H2,30,31)/t25-,26-,27-,28+/m1/s1. The molecule has 1 amide bonds. The van der Waals surface area contributed by atoms with Gasteiger partial charge < -0.3 is 29.4 Å². The van der Waals surface area contributed by atoms with Gasteiger partial charge in [-0.15, -0.1) is 0 Å². The number of primary amides is 1. The number of benzene rings is 3. The van der Waals surface area contributed by atoms with Crippen molar-refractivity contribution in [3.8, 4) is 0 Å². The lowest BCUT2D eigenvalue weighted by molar-refractivity contribution is -0.225. The molecule has 4 atom stereocenters. The Kier molecular flexibility index (Phi) is 9.87. The second-order valence-corrected chi connectivity index (χ2v) is 8.76. The van der Waals surface area contributed by atoms with E-state index in [0.717, 1.165) is 16.7 Å². The minimum Gasteiger partial charge on any atom is -0.447 e. The summed E-state index contributed by atoms with van der Waals surface area (Å²) in [6, 6.07) is 29.9. The van der Waals surface area contributed by atoms with Gasteiger partial charge in [-0.3, -0.25) is 0 Å². The van der Waals surface area contributed by atoms with E-state index in [1.54, 1.807) is 0 Å². The predicted molar refractivity (Wildman–Crippen MR) is 135 cm³/mol. The smallest absolute Gasteiger partial charge is 0.404 e. The fraction of sp³-hybridized carbons (Fsp3) is 0.345. The molecule has 1 aliphatic heterocycles. The van der Waals surface area contributed by atoms with E-state index >= 15 is 0 Å². The quantitative estimate of drug-likeness (QED) is 0.398. The molecule has 190 valence electrons. The molecule has 0 aliphatic carbocycles. The summed E-state index contributed by atoms with van der Waals surface area (Å²) in [5.41, 5.74) is 8.39. The number of nitrogens with two attached hydrogens (primary N) is 1. The van der Waals surface area contributed by atoms with Crippen LogP contribution in [0.2, 0.25) is 0 Å². The molecule has 1 heterocycles. The third kappa shape index (κ3) is 8.17. The van der Waals surface area contributed by atoms with Crippen molar-refractivity contribution in [3.63, 3.8) is 0 Å². The van der Waals surface area contributed by atoms with Crippen molar-refractivity contribution < 1.29 is 28.5 Å². The molecule has 2 N–H and O–H groups in total. The van der Waals surface area contributed by atoms with Crippen molar-refractivity contribution in [1.82, 2.24) is 0 Å². The highest BCUT2D eigenvalue weighted by atomic mass is 16.6. The molecule has 3 aromatic rings. The molecule has 0 bridgehead atoms. The molecule has 7 nitrogen and oxygen atoms in total. The summed E-state index contributed by atoms with van der Waals surface area (Å²) in [4.78, 5) is 11.2. The van der Waals surface area contributed by atoms with Crippen molar-refractivity contribution >= 4 is 6.09 Å². The number of carbonyl (C=O) groups excluding carboxylic acids is 1. The topological polar surface area (TPSA) is 89.2 Å². The summed E-state index contributed by atoms with van der Waals surface area (Å²) in [5.74, 6) is 0. The summed E-state index contributed by atoms with van der Waals surface area (Å²) in [7, 11) is 0. The molecule has 4 rings (SSSR count). The van der Waals surface area contributed by atoms with Gasteiger partial charge in [0.25, 0.3) is 0 Å². The van der Waals surface area contributed by atoms with Crippen LogP contribution < -0.4 is 5.73 Å². The van der Waals surface area contributed by atoms with Gasteiger partial charge in [0.05, 0.1) is 38.6 Å². The molecular weight excluding hydrogens is 458 g/mol. The zero-order valence-corrected chi connectivity index (χ0v) is 20.2. The van der Waals surface area contributed by atoms with E-state index in [-0.39, 0.29) is 24.9 Å². The Morgan fingerprint density at radius 3 is 1.83 bits per heavy atom. The van der Waals surface area contributed by atoms with E-state index in [4.69, 9.17) is 29.4 Å². The number of amides is 1. The van der Waals surface area contributed by atoms with E-state index in [1.165, 1.54) is 0 Å². The summed E-state index contributed by atoms with van der Waals surface area (Å²) in [6.45, 7) is 1.63. The number of carbonyl (C=O) groups is 1. The van der Waals surface area contributed by atoms with Crippen LogP contribution in [0.4, 0.5) is 4.79 Å². The predicted octanol–water partition coefficient (Wildman–Crippen LogP) is 4.63. The molecule has 0 saturated carbocycles. The Labute approximate surface area is 212 Å². The third-order valence-electron chi connectivity index (χ3n) is 5.99. The number of hydrogen-bond acceptors (Lipinski definition) is 6. The Morgan fingerprint density at radius 1 is 0.750 bits per heavy atom. The van der Waals surface area contributed by atoms with E-state index in [9.17, 15) is 4.79 Å². The van der Waals surface area contributed by atoms with Crippen LogP contribution in [0.1, 0.15) is 23.1 Å². The molecule has 7 heteroatoms. The normalized spacial score (nSPS) is 21.7. The number of rotatable bonds is 12. The van der Waals surface area contributed by atoms with Gasteiger partial charge >= 0.3 is 6.09 Å². The van der Waals surface area contributed by atoms with Crippen LogP contribution in [-0.4, -0.2) is 43.7 Å². The van der Waals surface area contributed by atoms with Crippen LogP contribution in [0.5, 0.6) is 0 Å². The summed E-state index contributed by atoms with van der Waals surface area (Å²) in [6.07, 6.45) is -1.83. The largest absolute Gasteiger partial charge is 0.447 e. The van der Waals surface area contributed by atoms with Gasteiger partial charge in [-0.2, -0.15) is 0 Å². The molecule has 1 saturated heterocycles. The lowest BCUT2D eigenvalue weighted by Crippen LogP contribution is -2.53. The molecule has 0 aromatic heterocycles. The molecular formula is C29H33NO6. The van der Waals surface area contributed by atoms with E-state index in [2.05, 4.69) is 0 Å². The zero-order valence-electron chi connectivity index (χ0n) is 20.2. The monoisotopic (exact) mass is 491 g/mol. The van der Waals surface area contributed by atoms with Crippen LogP contribution in [0.25, 0.3) is 0 Å². The van der Waals surface area contributed by atoms with Crippen molar-refractivity contribution in [2.75, 3.05) is 13.2 Å². The van der Waals surface area contributed by atoms with Gasteiger partial charge in [-0.05, 0) is 16.7 Å². The van der Waals surface area contributed by atoms with Gasteiger partial charge in [0.15, 0.2) is 0 Å². The fourth-order valence-electron chi connectivity index (χ4n) is 4.22. The van der Waals surface area contributed by atoms with Gasteiger partial charge in [-0.1, -0.05) is 91.0 Å². The van der Waals surface area contributed by atoms with E-state index in [1.807, 2.05) is 91.0 Å². The number of hydrogen-bond donors (Lipinski definition) is 1. The second kappa shape index (κ2) is 13.8. The first kappa shape index (κ1) is 25.9. The van der Waals surface area contributed by atoms with Crippen molar-refractivity contribution in [2.24, 2.45) is 5.73 Å². The first-order valence-electron chi connectivity index (χ1n) is 12.2. The van der Waals surface area contributed by atoms with Crippen LogP contribution in [0.3, 0.4) is 0 Å². The Hall–Kier alpha value is -3.23. The van der Waals surface area contributed by atoms with Crippen LogP contribution >= 0.6 is 0 Å². The molecule has 0 radical (unpaired) electrons. The lowest BCUT2D eigenvalue weighted by Gasteiger charge is -2.41. The van der Waals surface area contributed by atoms with Gasteiger partial charge in [0, 0.05) is 6.42 Å². The Balaban J connectivity index is 1.47. The first-order chi connectivity index (χ1) is 17.7. The highest BCUT2D eigenvalue weighted by molar-refractivity contribution is 5.64. The first-order valence-corrected chi connectivity index (χ1v) is 12.2. The number of ether oxygens (including phenoxy) is 5. The molecule has 1 fully saturated rings. The maximum absolute atomic E-state index is 11.2. The van der Waals surface area contributed by atoms with E-state index in [0.29, 0.717) is 32.8 Å². The highest BCUT2D eigenvalue weighted by Gasteiger charge is 2.41. The fourth-order valence-corrected chi connectivity index (χ4v) is 4.22. The third-order valence-corrected chi connectivity index (χ3v) is 5.99. The summed E-state index contributed by atoms with van der Waals surface area (Å²) >= 11 is 0. The molecule has 1 aliphatic rings. The average molecular weight is 492 g/mol. The van der Waals surface area contributed by atoms with Crippen molar-refractivity contribution in [1.29, 1.82) is 0 Å². The molecule has 0 unspecified atom stereocenters. The highest BCUT2D eigenvalue weighted by Crippen LogP contribution is 2.28. The summed E-state index contributed by atoms with van der Waals surface area (Å²) in [5, 5.41) is 0. The Morgan fingerprint density at radius 2 is 1.28 bits per heavy atom. The lowest BCUT2D eigenvalue weighted by atomic mass is 9.97. The van der Waals surface area contributed by atoms with Crippen LogP contribution in [0.15, 0.2) is 91.0 Å². The van der Waals surface area contributed by atoms with Gasteiger partial charge in [-0.25, -0.2) is 4.79 Å². The average Bonchev–Trinajstić information content (AvgIpc) is 2.92. The zero-order chi connectivity index (χ0) is 25.0. The van der Waals surface area contributed by atoms with Gasteiger partial charge in [0.2, 0.25) is 0 Å². The minimum atomic E-state index is -0.834. The van der Waals surface area contributed by atoms with Crippen LogP contribution in [-0.2, 0) is 43.5 Å². The second-order valence-electron chi connectivity index (χ2n) is 8.76.